The molecule has 3 saturated heterocycles. The number of unbranched alkanes of at least 4 members (excludes halogenated alkanes) is 2. The van der Waals surface area contributed by atoms with Crippen LogP contribution in [0.4, 0.5) is 5.69 Å². The fourth-order valence-electron chi connectivity index (χ4n) is 6.65. The number of rotatable bonds is 13. The van der Waals surface area contributed by atoms with Gasteiger partial charge in [-0.1, -0.05) is 30.4 Å². The summed E-state index contributed by atoms with van der Waals surface area (Å²) in [6, 6.07) is 5.28. The Morgan fingerprint density at radius 3 is 2.61 bits per heavy atom. The van der Waals surface area contributed by atoms with Crippen molar-refractivity contribution in [3.05, 3.63) is 54.6 Å². The molecule has 1 N–H and O–H groups in total. The van der Waals surface area contributed by atoms with Gasteiger partial charge in [0, 0.05) is 30.6 Å². The second-order valence-corrected chi connectivity index (χ2v) is 12.2. The van der Waals surface area contributed by atoms with Crippen molar-refractivity contribution < 1.29 is 24.2 Å². The van der Waals surface area contributed by atoms with Gasteiger partial charge in [0.2, 0.25) is 5.91 Å². The molecule has 2 unspecified atom stereocenters. The largest absolute Gasteiger partial charge is 0.465 e. The molecule has 206 valence electrons. The second kappa shape index (κ2) is 12.1. The van der Waals surface area contributed by atoms with Crippen LogP contribution in [0.25, 0.3) is 0 Å². The van der Waals surface area contributed by atoms with E-state index in [1.165, 1.54) is 0 Å². The zero-order chi connectivity index (χ0) is 27.4. The minimum absolute atomic E-state index is 0.0277. The Morgan fingerprint density at radius 1 is 1.21 bits per heavy atom. The average molecular weight is 541 g/mol. The van der Waals surface area contributed by atoms with Gasteiger partial charge in [-0.15, -0.1) is 24.9 Å². The van der Waals surface area contributed by atoms with Crippen molar-refractivity contribution in [3.8, 4) is 0 Å². The first-order valence-electron chi connectivity index (χ1n) is 13.7. The molecule has 38 heavy (non-hydrogen) atoms. The molecule has 2 bridgehead atoms. The van der Waals surface area contributed by atoms with Gasteiger partial charge in [-0.2, -0.15) is 0 Å². The fourth-order valence-corrected chi connectivity index (χ4v) is 8.85. The van der Waals surface area contributed by atoms with Gasteiger partial charge in [0.25, 0.3) is 5.91 Å². The third-order valence-corrected chi connectivity index (χ3v) is 10.2. The van der Waals surface area contributed by atoms with Gasteiger partial charge in [-0.05, 0) is 63.5 Å². The van der Waals surface area contributed by atoms with Crippen LogP contribution in [0.15, 0.2) is 43.5 Å². The lowest BCUT2D eigenvalue weighted by Crippen LogP contribution is -2.55. The second-order valence-electron chi connectivity index (χ2n) is 10.6. The predicted octanol–water partition coefficient (Wildman–Crippen LogP) is 4.20. The number of hydrogen-bond acceptors (Lipinski definition) is 6. The molecule has 0 aliphatic carbocycles. The number of aryl methyl sites for hydroxylation is 2. The van der Waals surface area contributed by atoms with Crippen LogP contribution in [-0.4, -0.2) is 70.1 Å². The molecule has 7 nitrogen and oxygen atoms in total. The Labute approximate surface area is 230 Å². The van der Waals surface area contributed by atoms with Crippen molar-refractivity contribution in [1.29, 1.82) is 0 Å². The van der Waals surface area contributed by atoms with E-state index in [0.717, 1.165) is 29.7 Å². The van der Waals surface area contributed by atoms with Gasteiger partial charge in [0.1, 0.15) is 6.04 Å². The van der Waals surface area contributed by atoms with Gasteiger partial charge in [0.15, 0.2) is 0 Å². The Morgan fingerprint density at radius 2 is 1.95 bits per heavy atom. The van der Waals surface area contributed by atoms with Crippen molar-refractivity contribution in [2.75, 3.05) is 31.2 Å². The van der Waals surface area contributed by atoms with Crippen LogP contribution in [-0.2, 0) is 19.1 Å². The topological polar surface area (TPSA) is 87.2 Å². The lowest BCUT2D eigenvalue weighted by molar-refractivity contribution is -0.154. The molecule has 3 aliphatic rings. The maximum absolute atomic E-state index is 14.6. The van der Waals surface area contributed by atoms with Crippen LogP contribution in [0, 0.1) is 25.7 Å². The lowest BCUT2D eigenvalue weighted by Gasteiger charge is -2.38. The first-order valence-corrected chi connectivity index (χ1v) is 14.6. The van der Waals surface area contributed by atoms with E-state index in [0.29, 0.717) is 38.8 Å². The van der Waals surface area contributed by atoms with Crippen molar-refractivity contribution in [2.45, 2.75) is 68.4 Å². The van der Waals surface area contributed by atoms with Crippen LogP contribution in [0.1, 0.15) is 49.7 Å². The first-order chi connectivity index (χ1) is 18.3. The predicted molar refractivity (Wildman–Crippen MR) is 151 cm³/mol. The summed E-state index contributed by atoms with van der Waals surface area (Å²) in [5, 5.41) is 9.22. The van der Waals surface area contributed by atoms with E-state index in [-0.39, 0.29) is 36.2 Å². The van der Waals surface area contributed by atoms with Crippen molar-refractivity contribution in [3.63, 3.8) is 0 Å². The monoisotopic (exact) mass is 540 g/mol. The minimum Gasteiger partial charge on any atom is -0.465 e. The van der Waals surface area contributed by atoms with Gasteiger partial charge in [0.05, 0.1) is 23.2 Å². The summed E-state index contributed by atoms with van der Waals surface area (Å²) in [6.07, 6.45) is 7.58. The number of benzene rings is 1. The Hall–Kier alpha value is -2.58. The normalized spacial score (nSPS) is 27.3. The summed E-state index contributed by atoms with van der Waals surface area (Å²) < 4.78 is 4.91. The minimum atomic E-state index is -0.672. The number of likely N-dealkylation sites (tertiary alicyclic amines) is 1. The number of amides is 2. The number of para-hydroxylation sites is 1. The summed E-state index contributed by atoms with van der Waals surface area (Å²) in [5.74, 6) is -1.69. The smallest absolute Gasteiger partial charge is 0.310 e. The molecule has 0 radical (unpaired) electrons. The highest BCUT2D eigenvalue weighted by Gasteiger charge is 2.74. The zero-order valence-electron chi connectivity index (χ0n) is 22.6. The molecule has 1 aromatic carbocycles. The third kappa shape index (κ3) is 4.93. The van der Waals surface area contributed by atoms with Crippen LogP contribution < -0.4 is 4.90 Å². The molecule has 2 amide bonds. The van der Waals surface area contributed by atoms with E-state index in [4.69, 9.17) is 4.74 Å². The number of aliphatic hydroxyl groups is 1. The van der Waals surface area contributed by atoms with Crippen LogP contribution in [0.5, 0.6) is 0 Å². The number of ether oxygens (including phenoxy) is 1. The molecule has 1 aromatic rings. The number of nitrogens with zero attached hydrogens (tertiary/aromatic N) is 2. The maximum atomic E-state index is 14.6. The molecule has 3 heterocycles. The number of carbonyl (C=O) groups is 3. The highest BCUT2D eigenvalue weighted by Crippen LogP contribution is 2.66. The summed E-state index contributed by atoms with van der Waals surface area (Å²) in [5.41, 5.74) is 2.82. The summed E-state index contributed by atoms with van der Waals surface area (Å²) in [4.78, 5) is 45.5. The van der Waals surface area contributed by atoms with Crippen molar-refractivity contribution >= 4 is 35.2 Å². The molecule has 0 saturated carbocycles. The molecule has 3 fully saturated rings. The lowest BCUT2D eigenvalue weighted by atomic mass is 9.71. The first kappa shape index (κ1) is 28.4. The fraction of sp³-hybridized carbons (Fsp3) is 0.567. The molecule has 0 aromatic heterocycles. The standard InChI is InChI=1S/C30H40N2O5S/c1-5-7-19-37-29(36)23-22-14-15-30(38-22)24(23)27(34)32(17-9-8-10-18-33)26(30)28(35)31(16-6-2)25-20(3)12-11-13-21(25)4/h5-6,11-13,22-24,26,33H,1-2,7-10,14-19H2,3-4H3/t22-,23+,24-,26?,30?/m0/s1. The Bertz CT molecular complexity index is 1070. The van der Waals surface area contributed by atoms with Crippen LogP contribution in [0.3, 0.4) is 0 Å². The van der Waals surface area contributed by atoms with Crippen molar-refractivity contribution in [1.82, 2.24) is 4.90 Å². The van der Waals surface area contributed by atoms with E-state index in [1.807, 2.05) is 32.0 Å². The Kier molecular flexibility index (Phi) is 9.04. The highest BCUT2D eigenvalue weighted by atomic mass is 32.2. The quantitative estimate of drug-likeness (QED) is 0.229. The average Bonchev–Trinajstić information content (AvgIpc) is 3.53. The zero-order valence-corrected chi connectivity index (χ0v) is 23.4. The number of esters is 1. The maximum Gasteiger partial charge on any atom is 0.310 e. The summed E-state index contributed by atoms with van der Waals surface area (Å²) >= 11 is 1.66. The van der Waals surface area contributed by atoms with E-state index < -0.39 is 22.6 Å². The molecular weight excluding hydrogens is 500 g/mol. The SMILES string of the molecule is C=CCCOC(=O)[C@@H]1[C@@H]2CCC3(S2)C(C(=O)N(CC=C)c2c(C)cccc2C)N(CCCCCO)C(=O)[C@H]13. The van der Waals surface area contributed by atoms with E-state index >= 15 is 0 Å². The van der Waals surface area contributed by atoms with Crippen LogP contribution in [0.2, 0.25) is 0 Å². The number of hydrogen-bond donors (Lipinski definition) is 1. The molecule has 1 spiro atoms. The number of carbonyl (C=O) groups excluding carboxylic acids is 3. The number of thioether (sulfide) groups is 1. The molecule has 3 aliphatic heterocycles. The van der Waals surface area contributed by atoms with E-state index in [9.17, 15) is 19.5 Å². The van der Waals surface area contributed by atoms with Gasteiger partial charge in [-0.3, -0.25) is 14.4 Å². The Balaban J connectivity index is 1.73. The van der Waals surface area contributed by atoms with Crippen LogP contribution >= 0.6 is 11.8 Å². The summed E-state index contributed by atoms with van der Waals surface area (Å²) in [7, 11) is 0. The van der Waals surface area contributed by atoms with E-state index in [2.05, 4.69) is 13.2 Å². The molecule has 8 heteroatoms. The molecule has 4 rings (SSSR count). The molecule has 5 atom stereocenters. The highest BCUT2D eigenvalue weighted by molar-refractivity contribution is 8.02. The number of anilines is 1. The number of fused-ring (bicyclic) bond motifs is 1. The third-order valence-electron chi connectivity index (χ3n) is 8.22. The number of aliphatic hydroxyl groups excluding tert-OH is 1. The van der Waals surface area contributed by atoms with E-state index in [1.54, 1.807) is 33.7 Å². The van der Waals surface area contributed by atoms with Crippen molar-refractivity contribution in [2.24, 2.45) is 11.8 Å². The summed E-state index contributed by atoms with van der Waals surface area (Å²) in [6.45, 7) is 12.7. The van der Waals surface area contributed by atoms with Gasteiger partial charge >= 0.3 is 5.97 Å². The van der Waals surface area contributed by atoms with Gasteiger partial charge in [-0.25, -0.2) is 0 Å². The van der Waals surface area contributed by atoms with Gasteiger partial charge < -0.3 is 19.6 Å². The molecular formula is C30H40N2O5S.